The molecule has 0 aromatic heterocycles. The van der Waals surface area contributed by atoms with E-state index in [0.29, 0.717) is 11.3 Å². The van der Waals surface area contributed by atoms with Crippen molar-refractivity contribution in [1.82, 2.24) is 0 Å². The number of hydrogen-bond donors (Lipinski definition) is 1. The van der Waals surface area contributed by atoms with E-state index in [1.165, 1.54) is 25.3 Å². The number of ether oxygens (including phenoxy) is 1. The Bertz CT molecular complexity index is 689. The van der Waals surface area contributed by atoms with E-state index in [9.17, 15) is 9.18 Å². The second-order valence-electron chi connectivity index (χ2n) is 4.00. The molecule has 0 saturated heterocycles. The standard InChI is InChI=1S/C16H12FNO2/c1-3-11-6-4-7-12(10-11)18-16(19)15-13(17)8-5-9-14(15)20-2/h1,4-10H,2H3,(H,18,19). The van der Waals surface area contributed by atoms with Crippen LogP contribution in [0.15, 0.2) is 42.5 Å². The zero-order chi connectivity index (χ0) is 14.5. The maximum atomic E-state index is 13.8. The van der Waals surface area contributed by atoms with E-state index in [0.717, 1.165) is 0 Å². The molecule has 20 heavy (non-hydrogen) atoms. The molecule has 0 aliphatic heterocycles. The van der Waals surface area contributed by atoms with Gasteiger partial charge in [0, 0.05) is 11.3 Å². The van der Waals surface area contributed by atoms with E-state index in [1.54, 1.807) is 24.3 Å². The summed E-state index contributed by atoms with van der Waals surface area (Å²) in [5.41, 5.74) is 0.986. The smallest absolute Gasteiger partial charge is 0.262 e. The molecular formula is C16H12FNO2. The Hall–Kier alpha value is -2.80. The van der Waals surface area contributed by atoms with E-state index in [2.05, 4.69) is 11.2 Å². The number of nitrogens with one attached hydrogen (secondary N) is 1. The van der Waals surface area contributed by atoms with Gasteiger partial charge in [-0.3, -0.25) is 4.79 Å². The van der Waals surface area contributed by atoms with Crippen LogP contribution in [0, 0.1) is 18.2 Å². The molecule has 100 valence electrons. The van der Waals surface area contributed by atoms with Crippen molar-refractivity contribution in [2.75, 3.05) is 12.4 Å². The predicted octanol–water partition coefficient (Wildman–Crippen LogP) is 3.07. The third-order valence-electron chi connectivity index (χ3n) is 2.71. The molecule has 0 bridgehead atoms. The van der Waals surface area contributed by atoms with Gasteiger partial charge in [0.2, 0.25) is 0 Å². The average Bonchev–Trinajstić information content (AvgIpc) is 2.46. The zero-order valence-electron chi connectivity index (χ0n) is 10.8. The van der Waals surface area contributed by atoms with Crippen molar-refractivity contribution in [2.45, 2.75) is 0 Å². The van der Waals surface area contributed by atoms with Crippen molar-refractivity contribution in [3.05, 3.63) is 59.4 Å². The Balaban J connectivity index is 2.31. The molecule has 0 fully saturated rings. The van der Waals surface area contributed by atoms with Crippen LogP contribution in [0.25, 0.3) is 0 Å². The summed E-state index contributed by atoms with van der Waals surface area (Å²) >= 11 is 0. The van der Waals surface area contributed by atoms with Crippen molar-refractivity contribution < 1.29 is 13.9 Å². The molecule has 0 spiro atoms. The third-order valence-corrected chi connectivity index (χ3v) is 2.71. The number of anilines is 1. The molecule has 2 aromatic carbocycles. The Morgan fingerprint density at radius 3 is 2.75 bits per heavy atom. The number of benzene rings is 2. The highest BCUT2D eigenvalue weighted by Crippen LogP contribution is 2.22. The molecule has 4 heteroatoms. The van der Waals surface area contributed by atoms with Crippen LogP contribution in [0.4, 0.5) is 10.1 Å². The number of carbonyl (C=O) groups excluding carboxylic acids is 1. The van der Waals surface area contributed by atoms with Crippen LogP contribution in [-0.4, -0.2) is 13.0 Å². The van der Waals surface area contributed by atoms with Gasteiger partial charge in [-0.25, -0.2) is 4.39 Å². The summed E-state index contributed by atoms with van der Waals surface area (Å²) in [6, 6.07) is 11.0. The molecular weight excluding hydrogens is 257 g/mol. The molecule has 1 N–H and O–H groups in total. The quantitative estimate of drug-likeness (QED) is 0.870. The van der Waals surface area contributed by atoms with Gasteiger partial charge in [-0.2, -0.15) is 0 Å². The number of methoxy groups -OCH3 is 1. The molecule has 0 atom stereocenters. The summed E-state index contributed by atoms with van der Waals surface area (Å²) in [6.07, 6.45) is 5.29. The first-order valence-electron chi connectivity index (χ1n) is 5.86. The van der Waals surface area contributed by atoms with Gasteiger partial charge in [0.15, 0.2) is 0 Å². The van der Waals surface area contributed by atoms with Crippen LogP contribution < -0.4 is 10.1 Å². The van der Waals surface area contributed by atoms with Crippen LogP contribution in [0.2, 0.25) is 0 Å². The van der Waals surface area contributed by atoms with Crippen LogP contribution in [-0.2, 0) is 0 Å². The highest BCUT2D eigenvalue weighted by Gasteiger charge is 2.17. The van der Waals surface area contributed by atoms with Crippen LogP contribution in [0.5, 0.6) is 5.75 Å². The predicted molar refractivity (Wildman–Crippen MR) is 75.3 cm³/mol. The van der Waals surface area contributed by atoms with Crippen molar-refractivity contribution in [1.29, 1.82) is 0 Å². The number of hydrogen-bond acceptors (Lipinski definition) is 2. The van der Waals surface area contributed by atoms with E-state index < -0.39 is 11.7 Å². The summed E-state index contributed by atoms with van der Waals surface area (Å²) in [7, 11) is 1.38. The first kappa shape index (κ1) is 13.6. The lowest BCUT2D eigenvalue weighted by Gasteiger charge is -2.10. The summed E-state index contributed by atoms with van der Waals surface area (Å²) in [6.45, 7) is 0. The first-order valence-corrected chi connectivity index (χ1v) is 5.86. The second kappa shape index (κ2) is 5.89. The van der Waals surface area contributed by atoms with E-state index >= 15 is 0 Å². The maximum Gasteiger partial charge on any atom is 0.262 e. The lowest BCUT2D eigenvalue weighted by Crippen LogP contribution is -2.15. The monoisotopic (exact) mass is 269 g/mol. The molecule has 2 aromatic rings. The Labute approximate surface area is 116 Å². The minimum Gasteiger partial charge on any atom is -0.496 e. The highest BCUT2D eigenvalue weighted by molar-refractivity contribution is 6.06. The molecule has 0 heterocycles. The fourth-order valence-corrected chi connectivity index (χ4v) is 1.78. The van der Waals surface area contributed by atoms with Gasteiger partial charge in [0.25, 0.3) is 5.91 Å². The third kappa shape index (κ3) is 2.78. The number of halogens is 1. The number of carbonyl (C=O) groups is 1. The fourth-order valence-electron chi connectivity index (χ4n) is 1.78. The highest BCUT2D eigenvalue weighted by atomic mass is 19.1. The van der Waals surface area contributed by atoms with Crippen molar-refractivity contribution in [3.8, 4) is 18.1 Å². The van der Waals surface area contributed by atoms with Crippen LogP contribution in [0.1, 0.15) is 15.9 Å². The molecule has 0 radical (unpaired) electrons. The van der Waals surface area contributed by atoms with E-state index in [4.69, 9.17) is 11.2 Å². The van der Waals surface area contributed by atoms with Crippen molar-refractivity contribution in [3.63, 3.8) is 0 Å². The van der Waals surface area contributed by atoms with E-state index in [-0.39, 0.29) is 11.3 Å². The SMILES string of the molecule is C#Cc1cccc(NC(=O)c2c(F)cccc2OC)c1. The van der Waals surface area contributed by atoms with Gasteiger partial charge in [-0.05, 0) is 30.3 Å². The lowest BCUT2D eigenvalue weighted by molar-refractivity contribution is 0.102. The van der Waals surface area contributed by atoms with Gasteiger partial charge < -0.3 is 10.1 Å². The van der Waals surface area contributed by atoms with Gasteiger partial charge in [0.05, 0.1) is 7.11 Å². The summed E-state index contributed by atoms with van der Waals surface area (Å²) in [4.78, 5) is 12.1. The zero-order valence-corrected chi connectivity index (χ0v) is 10.8. The Kier molecular flexibility index (Phi) is 4.02. The van der Waals surface area contributed by atoms with Gasteiger partial charge in [0.1, 0.15) is 17.1 Å². The fraction of sp³-hybridized carbons (Fsp3) is 0.0625. The average molecular weight is 269 g/mol. The minimum absolute atomic E-state index is 0.138. The molecule has 3 nitrogen and oxygen atoms in total. The molecule has 0 saturated carbocycles. The van der Waals surface area contributed by atoms with Gasteiger partial charge >= 0.3 is 0 Å². The summed E-state index contributed by atoms with van der Waals surface area (Å²) < 4.78 is 18.8. The Morgan fingerprint density at radius 1 is 1.30 bits per heavy atom. The number of terminal acetylenes is 1. The molecule has 0 aliphatic carbocycles. The molecule has 0 unspecified atom stereocenters. The minimum atomic E-state index is -0.644. The van der Waals surface area contributed by atoms with Gasteiger partial charge in [-0.15, -0.1) is 6.42 Å². The topological polar surface area (TPSA) is 38.3 Å². The summed E-state index contributed by atoms with van der Waals surface area (Å²) in [5, 5.41) is 2.59. The largest absolute Gasteiger partial charge is 0.496 e. The Morgan fingerprint density at radius 2 is 2.05 bits per heavy atom. The van der Waals surface area contributed by atoms with Crippen molar-refractivity contribution in [2.24, 2.45) is 0 Å². The van der Waals surface area contributed by atoms with E-state index in [1.807, 2.05) is 0 Å². The number of rotatable bonds is 3. The van der Waals surface area contributed by atoms with Crippen LogP contribution >= 0.6 is 0 Å². The first-order chi connectivity index (χ1) is 9.65. The molecule has 0 aliphatic rings. The molecule has 1 amide bonds. The molecule has 2 rings (SSSR count). The number of amides is 1. The van der Waals surface area contributed by atoms with Gasteiger partial charge in [-0.1, -0.05) is 18.1 Å². The summed E-state index contributed by atoms with van der Waals surface area (Å²) in [5.74, 6) is 1.41. The second-order valence-corrected chi connectivity index (χ2v) is 4.00. The maximum absolute atomic E-state index is 13.8. The van der Waals surface area contributed by atoms with Crippen molar-refractivity contribution >= 4 is 11.6 Å². The van der Waals surface area contributed by atoms with Crippen LogP contribution in [0.3, 0.4) is 0 Å². The lowest BCUT2D eigenvalue weighted by atomic mass is 10.1. The normalized spacial score (nSPS) is 9.65.